The number of ether oxygens (including phenoxy) is 2. The number of rotatable bonds is 7. The first kappa shape index (κ1) is 28.6. The van der Waals surface area contributed by atoms with Crippen molar-refractivity contribution in [3.8, 4) is 0 Å². The molecule has 1 aliphatic rings. The number of benzene rings is 3. The van der Waals surface area contributed by atoms with E-state index in [1.54, 1.807) is 47.4 Å². The highest BCUT2D eigenvalue weighted by molar-refractivity contribution is 6.30. The molecule has 0 aliphatic carbocycles. The summed E-state index contributed by atoms with van der Waals surface area (Å²) in [5.41, 5.74) is 4.58. The fourth-order valence-corrected chi connectivity index (χ4v) is 5.03. The summed E-state index contributed by atoms with van der Waals surface area (Å²) in [6, 6.07) is 17.7. The first-order valence-corrected chi connectivity index (χ1v) is 13.1. The minimum absolute atomic E-state index is 0.0212. The molecule has 0 spiro atoms. The van der Waals surface area contributed by atoms with Gasteiger partial charge in [-0.05, 0) is 91.8 Å². The molecule has 0 aromatic heterocycles. The van der Waals surface area contributed by atoms with Gasteiger partial charge in [0, 0.05) is 34.1 Å². The molecule has 1 aliphatic heterocycles. The number of aryl methyl sites for hydroxylation is 2. The minimum atomic E-state index is -1.54. The molecule has 4 rings (SSSR count). The molecule has 0 saturated carbocycles. The summed E-state index contributed by atoms with van der Waals surface area (Å²) in [5, 5.41) is 11.9. The van der Waals surface area contributed by atoms with Gasteiger partial charge in [0.1, 0.15) is 0 Å². The Morgan fingerprint density at radius 2 is 1.75 bits per heavy atom. The predicted molar refractivity (Wildman–Crippen MR) is 150 cm³/mol. The van der Waals surface area contributed by atoms with Crippen molar-refractivity contribution >= 4 is 46.9 Å². The standard InChI is InChI=1S/C30H29ClN2O7/c1-18-6-3-4-8-23(18)28(35)32-22-10-11-24(19(2)14-22)29(36)33-13-5-7-20(15-27(34)39-17-40-30(37)38)25-16-21(31)9-12-26(25)33/h3-4,6,8-12,14,16,20H,5,7,13,15,17H2,1-2H3,(H,32,35)(H,37,38). The van der Waals surface area contributed by atoms with Crippen molar-refractivity contribution in [3.63, 3.8) is 0 Å². The van der Waals surface area contributed by atoms with Gasteiger partial charge in [-0.15, -0.1) is 0 Å². The molecule has 1 atom stereocenters. The van der Waals surface area contributed by atoms with Crippen molar-refractivity contribution in [1.82, 2.24) is 0 Å². The van der Waals surface area contributed by atoms with E-state index < -0.39 is 18.9 Å². The van der Waals surface area contributed by atoms with Crippen molar-refractivity contribution in [3.05, 3.63) is 93.5 Å². The maximum absolute atomic E-state index is 13.8. The van der Waals surface area contributed by atoms with E-state index in [2.05, 4.69) is 10.1 Å². The molecular formula is C30H29ClN2O7. The average molecular weight is 565 g/mol. The number of halogens is 1. The Balaban J connectivity index is 1.54. The second-order valence-electron chi connectivity index (χ2n) is 9.55. The van der Waals surface area contributed by atoms with Crippen LogP contribution in [0.15, 0.2) is 60.7 Å². The smallest absolute Gasteiger partial charge is 0.450 e. The fraction of sp³-hybridized carbons (Fsp3) is 0.267. The number of anilines is 2. The number of hydrogen-bond donors (Lipinski definition) is 2. The molecule has 0 bridgehead atoms. The molecular weight excluding hydrogens is 536 g/mol. The summed E-state index contributed by atoms with van der Waals surface area (Å²) < 4.78 is 9.15. The summed E-state index contributed by atoms with van der Waals surface area (Å²) in [7, 11) is 0. The molecule has 3 aromatic carbocycles. The monoisotopic (exact) mass is 564 g/mol. The lowest BCUT2D eigenvalue weighted by molar-refractivity contribution is -0.153. The Labute approximate surface area is 236 Å². The van der Waals surface area contributed by atoms with Crippen LogP contribution in [0.1, 0.15) is 62.6 Å². The number of amides is 2. The predicted octanol–water partition coefficient (Wildman–Crippen LogP) is 6.32. The van der Waals surface area contributed by atoms with Gasteiger partial charge < -0.3 is 24.8 Å². The van der Waals surface area contributed by atoms with Crippen LogP contribution in [-0.2, 0) is 14.3 Å². The van der Waals surface area contributed by atoms with E-state index in [1.807, 2.05) is 32.0 Å². The molecule has 1 heterocycles. The van der Waals surface area contributed by atoms with Crippen molar-refractivity contribution < 1.29 is 33.8 Å². The zero-order valence-electron chi connectivity index (χ0n) is 22.1. The Morgan fingerprint density at radius 1 is 0.975 bits per heavy atom. The second kappa shape index (κ2) is 12.7. The van der Waals surface area contributed by atoms with Gasteiger partial charge >= 0.3 is 12.1 Å². The lowest BCUT2D eigenvalue weighted by atomic mass is 9.91. The Morgan fingerprint density at radius 3 is 2.48 bits per heavy atom. The van der Waals surface area contributed by atoms with Gasteiger partial charge in [-0.2, -0.15) is 0 Å². The lowest BCUT2D eigenvalue weighted by Crippen LogP contribution is -2.32. The zero-order chi connectivity index (χ0) is 28.8. The number of fused-ring (bicyclic) bond motifs is 1. The molecule has 0 saturated heterocycles. The number of hydrogen-bond acceptors (Lipinski definition) is 6. The first-order valence-electron chi connectivity index (χ1n) is 12.7. The summed E-state index contributed by atoms with van der Waals surface area (Å²) in [6.45, 7) is 3.42. The van der Waals surface area contributed by atoms with Crippen LogP contribution in [0.25, 0.3) is 0 Å². The van der Waals surface area contributed by atoms with Crippen LogP contribution in [0.2, 0.25) is 5.02 Å². The van der Waals surface area contributed by atoms with E-state index in [1.165, 1.54) is 0 Å². The van der Waals surface area contributed by atoms with Gasteiger partial charge in [0.25, 0.3) is 11.8 Å². The van der Waals surface area contributed by atoms with Crippen molar-refractivity contribution in [2.45, 2.75) is 39.0 Å². The highest BCUT2D eigenvalue weighted by atomic mass is 35.5. The molecule has 0 radical (unpaired) electrons. The molecule has 1 unspecified atom stereocenters. The van der Waals surface area contributed by atoms with Gasteiger partial charge in [0.05, 0.1) is 6.42 Å². The topological polar surface area (TPSA) is 122 Å². The summed E-state index contributed by atoms with van der Waals surface area (Å²) >= 11 is 6.29. The van der Waals surface area contributed by atoms with Crippen LogP contribution >= 0.6 is 11.6 Å². The van der Waals surface area contributed by atoms with E-state index in [9.17, 15) is 19.2 Å². The van der Waals surface area contributed by atoms with E-state index >= 15 is 0 Å². The van der Waals surface area contributed by atoms with Crippen LogP contribution in [0.3, 0.4) is 0 Å². The third-order valence-electron chi connectivity index (χ3n) is 6.82. The summed E-state index contributed by atoms with van der Waals surface area (Å²) in [4.78, 5) is 51.1. The Bertz CT molecular complexity index is 1460. The highest BCUT2D eigenvalue weighted by Crippen LogP contribution is 2.39. The van der Waals surface area contributed by atoms with Crippen LogP contribution in [0.4, 0.5) is 16.2 Å². The highest BCUT2D eigenvalue weighted by Gasteiger charge is 2.30. The molecule has 9 nitrogen and oxygen atoms in total. The lowest BCUT2D eigenvalue weighted by Gasteiger charge is -2.25. The average Bonchev–Trinajstić information content (AvgIpc) is 3.07. The van der Waals surface area contributed by atoms with Crippen LogP contribution < -0.4 is 10.2 Å². The molecule has 0 fully saturated rings. The van der Waals surface area contributed by atoms with Crippen LogP contribution in [0, 0.1) is 13.8 Å². The SMILES string of the molecule is Cc1ccccc1C(=O)Nc1ccc(C(=O)N2CCCC(CC(=O)OCOC(=O)O)c3cc(Cl)ccc32)c(C)c1. The molecule has 2 amide bonds. The molecule has 10 heteroatoms. The van der Waals surface area contributed by atoms with E-state index in [-0.39, 0.29) is 24.2 Å². The molecule has 3 aromatic rings. The Kier molecular flexibility index (Phi) is 9.06. The van der Waals surface area contributed by atoms with E-state index in [0.29, 0.717) is 52.5 Å². The normalized spacial score (nSPS) is 14.5. The maximum Gasteiger partial charge on any atom is 0.508 e. The van der Waals surface area contributed by atoms with Gasteiger partial charge in [0.15, 0.2) is 0 Å². The molecule has 208 valence electrons. The number of esters is 1. The number of nitrogens with one attached hydrogen (secondary N) is 1. The van der Waals surface area contributed by atoms with Gasteiger partial charge in [-0.1, -0.05) is 29.8 Å². The number of carboxylic acid groups (broad SMARTS) is 1. The molecule has 2 N–H and O–H groups in total. The fourth-order valence-electron chi connectivity index (χ4n) is 4.85. The maximum atomic E-state index is 13.8. The second-order valence-corrected chi connectivity index (χ2v) is 9.98. The van der Waals surface area contributed by atoms with Gasteiger partial charge in [-0.25, -0.2) is 4.79 Å². The van der Waals surface area contributed by atoms with Crippen LogP contribution in [-0.4, -0.2) is 42.4 Å². The van der Waals surface area contributed by atoms with Crippen molar-refractivity contribution in [1.29, 1.82) is 0 Å². The quantitative estimate of drug-likeness (QED) is 0.254. The van der Waals surface area contributed by atoms with Gasteiger partial charge in [-0.3, -0.25) is 14.4 Å². The van der Waals surface area contributed by atoms with E-state index in [0.717, 1.165) is 11.1 Å². The largest absolute Gasteiger partial charge is 0.508 e. The summed E-state index contributed by atoms with van der Waals surface area (Å²) in [5.74, 6) is -1.34. The van der Waals surface area contributed by atoms with Crippen molar-refractivity contribution in [2.75, 3.05) is 23.6 Å². The Hall–Kier alpha value is -4.37. The van der Waals surface area contributed by atoms with Crippen LogP contribution in [0.5, 0.6) is 0 Å². The number of carbonyl (C=O) groups excluding carboxylic acids is 3. The van der Waals surface area contributed by atoms with Gasteiger partial charge in [0.2, 0.25) is 6.79 Å². The zero-order valence-corrected chi connectivity index (χ0v) is 22.9. The number of nitrogens with zero attached hydrogens (tertiary/aromatic N) is 1. The third-order valence-corrected chi connectivity index (χ3v) is 7.05. The summed E-state index contributed by atoms with van der Waals surface area (Å²) in [6.07, 6.45) is -0.349. The number of carbonyl (C=O) groups is 4. The minimum Gasteiger partial charge on any atom is -0.450 e. The first-order chi connectivity index (χ1) is 19.1. The van der Waals surface area contributed by atoms with E-state index in [4.69, 9.17) is 21.4 Å². The molecule has 40 heavy (non-hydrogen) atoms. The third kappa shape index (κ3) is 6.79. The van der Waals surface area contributed by atoms with Crippen molar-refractivity contribution in [2.24, 2.45) is 0 Å².